The fraction of sp³-hybridized carbons (Fsp3) is 0.308. The van der Waals surface area contributed by atoms with Crippen molar-refractivity contribution in [1.82, 2.24) is 4.98 Å². The van der Waals surface area contributed by atoms with E-state index in [1.807, 2.05) is 11.7 Å². The van der Waals surface area contributed by atoms with Gasteiger partial charge < -0.3 is 5.73 Å². The van der Waals surface area contributed by atoms with Crippen LogP contribution in [0.15, 0.2) is 36.0 Å². The molecule has 2 rings (SSSR count). The summed E-state index contributed by atoms with van der Waals surface area (Å²) in [5.74, 6) is 0.404. The van der Waals surface area contributed by atoms with Gasteiger partial charge in [0.05, 0.1) is 5.51 Å². The van der Waals surface area contributed by atoms with E-state index in [4.69, 9.17) is 5.73 Å². The van der Waals surface area contributed by atoms with Gasteiger partial charge in [-0.2, -0.15) is 0 Å². The number of hydrogen-bond donors (Lipinski definition) is 1. The molecular formula is C13H16N2S. The summed E-state index contributed by atoms with van der Waals surface area (Å²) >= 11 is 1.70. The Morgan fingerprint density at radius 1 is 1.31 bits per heavy atom. The number of nitrogens with two attached hydrogens (primary N) is 1. The number of thiazole rings is 1. The third kappa shape index (κ3) is 2.68. The van der Waals surface area contributed by atoms with E-state index >= 15 is 0 Å². The lowest BCUT2D eigenvalue weighted by Gasteiger charge is -2.14. The van der Waals surface area contributed by atoms with Crippen LogP contribution < -0.4 is 5.73 Å². The van der Waals surface area contributed by atoms with Gasteiger partial charge in [0, 0.05) is 17.0 Å². The highest BCUT2D eigenvalue weighted by molar-refractivity contribution is 7.09. The molecule has 0 bridgehead atoms. The second-order valence-corrected chi connectivity index (χ2v) is 4.99. The van der Waals surface area contributed by atoms with Crippen LogP contribution in [0.3, 0.4) is 0 Å². The van der Waals surface area contributed by atoms with Crippen molar-refractivity contribution in [3.63, 3.8) is 0 Å². The van der Waals surface area contributed by atoms with Crippen molar-refractivity contribution in [1.29, 1.82) is 0 Å². The van der Waals surface area contributed by atoms with Crippen LogP contribution in [0.2, 0.25) is 0 Å². The standard InChI is InChI=1S/C13H16N2S/c1-10-2-4-11(5-3-10)12(7-14)6-13-8-15-9-16-13/h2-5,8-9,12H,6-7,14H2,1H3. The number of aryl methyl sites for hydroxylation is 1. The molecule has 0 saturated carbocycles. The zero-order valence-corrected chi connectivity index (χ0v) is 10.2. The van der Waals surface area contributed by atoms with Crippen molar-refractivity contribution in [3.05, 3.63) is 52.0 Å². The summed E-state index contributed by atoms with van der Waals surface area (Å²) in [5, 5.41) is 0. The summed E-state index contributed by atoms with van der Waals surface area (Å²) < 4.78 is 0. The normalized spacial score (nSPS) is 12.6. The lowest BCUT2D eigenvalue weighted by atomic mass is 9.95. The molecule has 0 spiro atoms. The smallest absolute Gasteiger partial charge is 0.0794 e. The number of rotatable bonds is 4. The second kappa shape index (κ2) is 5.23. The number of benzene rings is 1. The Balaban J connectivity index is 2.13. The molecule has 0 aliphatic carbocycles. The molecule has 2 N–H and O–H groups in total. The van der Waals surface area contributed by atoms with Crippen LogP contribution >= 0.6 is 11.3 Å². The molecule has 1 aromatic heterocycles. The molecule has 1 atom stereocenters. The molecule has 0 amide bonds. The third-order valence-electron chi connectivity index (χ3n) is 2.76. The van der Waals surface area contributed by atoms with Crippen molar-refractivity contribution in [3.8, 4) is 0 Å². The van der Waals surface area contributed by atoms with E-state index in [9.17, 15) is 0 Å². The minimum absolute atomic E-state index is 0.404. The van der Waals surface area contributed by atoms with E-state index in [0.29, 0.717) is 12.5 Å². The first-order valence-electron chi connectivity index (χ1n) is 5.43. The molecule has 1 unspecified atom stereocenters. The van der Waals surface area contributed by atoms with Crippen LogP contribution in [0.25, 0.3) is 0 Å². The Hall–Kier alpha value is -1.19. The van der Waals surface area contributed by atoms with Gasteiger partial charge in [-0.15, -0.1) is 11.3 Å². The molecule has 0 aliphatic heterocycles. The molecule has 1 heterocycles. The molecule has 0 aliphatic rings. The molecule has 0 saturated heterocycles. The van der Waals surface area contributed by atoms with Crippen molar-refractivity contribution in [2.75, 3.05) is 6.54 Å². The Morgan fingerprint density at radius 2 is 2.06 bits per heavy atom. The highest BCUT2D eigenvalue weighted by atomic mass is 32.1. The average Bonchev–Trinajstić information content (AvgIpc) is 2.80. The van der Waals surface area contributed by atoms with Crippen LogP contribution in [0.1, 0.15) is 21.9 Å². The van der Waals surface area contributed by atoms with Crippen molar-refractivity contribution in [2.24, 2.45) is 5.73 Å². The fourth-order valence-corrected chi connectivity index (χ4v) is 2.44. The molecule has 0 fully saturated rings. The third-order valence-corrected chi connectivity index (χ3v) is 3.57. The summed E-state index contributed by atoms with van der Waals surface area (Å²) in [6.07, 6.45) is 2.92. The van der Waals surface area contributed by atoms with Crippen LogP contribution in [-0.4, -0.2) is 11.5 Å². The van der Waals surface area contributed by atoms with Gasteiger partial charge in [0.1, 0.15) is 0 Å². The number of hydrogen-bond acceptors (Lipinski definition) is 3. The zero-order chi connectivity index (χ0) is 11.4. The van der Waals surface area contributed by atoms with Crippen molar-refractivity contribution < 1.29 is 0 Å². The van der Waals surface area contributed by atoms with Crippen LogP contribution in [0.4, 0.5) is 0 Å². The van der Waals surface area contributed by atoms with Gasteiger partial charge in [-0.25, -0.2) is 0 Å². The average molecular weight is 232 g/mol. The quantitative estimate of drug-likeness (QED) is 0.880. The molecule has 3 heteroatoms. The predicted octanol–water partition coefficient (Wildman–Crippen LogP) is 2.74. The number of nitrogens with zero attached hydrogens (tertiary/aromatic N) is 1. The Kier molecular flexibility index (Phi) is 3.70. The van der Waals surface area contributed by atoms with Gasteiger partial charge in [-0.3, -0.25) is 4.98 Å². The Bertz CT molecular complexity index is 420. The minimum atomic E-state index is 0.404. The lowest BCUT2D eigenvalue weighted by Crippen LogP contribution is -2.14. The van der Waals surface area contributed by atoms with Gasteiger partial charge in [-0.05, 0) is 25.5 Å². The van der Waals surface area contributed by atoms with Crippen molar-refractivity contribution in [2.45, 2.75) is 19.3 Å². The second-order valence-electron chi connectivity index (χ2n) is 4.02. The first kappa shape index (κ1) is 11.3. The molecule has 2 nitrogen and oxygen atoms in total. The first-order valence-corrected chi connectivity index (χ1v) is 6.31. The maximum Gasteiger partial charge on any atom is 0.0794 e. The van der Waals surface area contributed by atoms with E-state index < -0.39 is 0 Å². The summed E-state index contributed by atoms with van der Waals surface area (Å²) in [5.41, 5.74) is 10.3. The minimum Gasteiger partial charge on any atom is -0.330 e. The Labute approximate surface area is 100 Å². The summed E-state index contributed by atoms with van der Waals surface area (Å²) in [6, 6.07) is 8.64. The van der Waals surface area contributed by atoms with E-state index in [-0.39, 0.29) is 0 Å². The van der Waals surface area contributed by atoms with Gasteiger partial charge in [-0.1, -0.05) is 29.8 Å². The number of aromatic nitrogens is 1. The molecule has 2 aromatic rings. The maximum absolute atomic E-state index is 5.84. The van der Waals surface area contributed by atoms with E-state index in [1.54, 1.807) is 11.3 Å². The largest absolute Gasteiger partial charge is 0.330 e. The highest BCUT2D eigenvalue weighted by Crippen LogP contribution is 2.22. The molecular weight excluding hydrogens is 216 g/mol. The molecule has 0 radical (unpaired) electrons. The van der Waals surface area contributed by atoms with E-state index in [0.717, 1.165) is 6.42 Å². The highest BCUT2D eigenvalue weighted by Gasteiger charge is 2.11. The van der Waals surface area contributed by atoms with Gasteiger partial charge in [0.15, 0.2) is 0 Å². The predicted molar refractivity (Wildman–Crippen MR) is 68.8 cm³/mol. The summed E-state index contributed by atoms with van der Waals surface area (Å²) in [4.78, 5) is 5.40. The topological polar surface area (TPSA) is 38.9 Å². The fourth-order valence-electron chi connectivity index (χ4n) is 1.76. The monoisotopic (exact) mass is 232 g/mol. The summed E-state index contributed by atoms with van der Waals surface area (Å²) in [7, 11) is 0. The lowest BCUT2D eigenvalue weighted by molar-refractivity contribution is 0.700. The van der Waals surface area contributed by atoms with Crippen LogP contribution in [-0.2, 0) is 6.42 Å². The maximum atomic E-state index is 5.84. The van der Waals surface area contributed by atoms with Gasteiger partial charge in [0.25, 0.3) is 0 Å². The summed E-state index contributed by atoms with van der Waals surface area (Å²) in [6.45, 7) is 2.78. The SMILES string of the molecule is Cc1ccc(C(CN)Cc2cncs2)cc1. The van der Waals surface area contributed by atoms with Gasteiger partial charge in [0.2, 0.25) is 0 Å². The molecule has 16 heavy (non-hydrogen) atoms. The molecule has 84 valence electrons. The Morgan fingerprint density at radius 3 is 2.62 bits per heavy atom. The van der Waals surface area contributed by atoms with Gasteiger partial charge >= 0.3 is 0 Å². The zero-order valence-electron chi connectivity index (χ0n) is 9.39. The van der Waals surface area contributed by atoms with Crippen LogP contribution in [0.5, 0.6) is 0 Å². The van der Waals surface area contributed by atoms with Crippen LogP contribution in [0, 0.1) is 6.92 Å². The van der Waals surface area contributed by atoms with E-state index in [1.165, 1.54) is 16.0 Å². The first-order chi connectivity index (χ1) is 7.79. The van der Waals surface area contributed by atoms with Crippen molar-refractivity contribution >= 4 is 11.3 Å². The van der Waals surface area contributed by atoms with E-state index in [2.05, 4.69) is 36.2 Å². The molecule has 1 aromatic carbocycles.